The summed E-state index contributed by atoms with van der Waals surface area (Å²) >= 11 is 0. The van der Waals surface area contributed by atoms with Crippen LogP contribution in [-0.2, 0) is 4.79 Å². The van der Waals surface area contributed by atoms with Crippen LogP contribution in [0.1, 0.15) is 33.1 Å². The van der Waals surface area contributed by atoms with Gasteiger partial charge in [0.2, 0.25) is 0 Å². The van der Waals surface area contributed by atoms with Gasteiger partial charge >= 0.3 is 0 Å². The number of hydrogen-bond donors (Lipinski definition) is 0. The van der Waals surface area contributed by atoms with E-state index in [0.717, 1.165) is 19.3 Å². The maximum atomic E-state index is 10.8. The van der Waals surface area contributed by atoms with E-state index in [-0.39, 0.29) is 0 Å². The first-order chi connectivity index (χ1) is 12.7. The van der Waals surface area contributed by atoms with Gasteiger partial charge in [0, 0.05) is 5.92 Å². The van der Waals surface area contributed by atoms with Crippen LogP contribution in [0.2, 0.25) is 0 Å². The molecule has 0 fully saturated rings. The van der Waals surface area contributed by atoms with Crippen molar-refractivity contribution < 1.29 is 4.79 Å². The van der Waals surface area contributed by atoms with Crippen molar-refractivity contribution in [1.82, 2.24) is 0 Å². The zero-order valence-corrected chi connectivity index (χ0v) is 14.8. The lowest BCUT2D eigenvalue weighted by Gasteiger charge is -2.12. The van der Waals surface area contributed by atoms with Gasteiger partial charge in [-0.3, -0.25) is 4.79 Å². The molecule has 0 aromatic heterocycles. The average molecular weight is 332 g/mol. The molecule has 1 rings (SSSR count). The molecule has 0 spiro atoms. The van der Waals surface area contributed by atoms with Crippen molar-refractivity contribution in [1.29, 1.82) is 0 Å². The lowest BCUT2D eigenvalue weighted by atomic mass is 9.91. The SMILES string of the molecule is C#CC#CC#CC#CC#CC#CC#CC#CC.CC(=O)C1CC=CCC1. The van der Waals surface area contributed by atoms with Gasteiger partial charge in [0.25, 0.3) is 0 Å². The maximum Gasteiger partial charge on any atom is 0.133 e. The summed E-state index contributed by atoms with van der Waals surface area (Å²) in [7, 11) is 0. The van der Waals surface area contributed by atoms with Gasteiger partial charge in [0.05, 0.1) is 0 Å². The Bertz CT molecular complexity index is 994. The van der Waals surface area contributed by atoms with Gasteiger partial charge in [-0.05, 0) is 116 Å². The van der Waals surface area contributed by atoms with Gasteiger partial charge in [-0.2, -0.15) is 0 Å². The molecule has 1 nitrogen and oxygen atoms in total. The minimum atomic E-state index is 0.329. The number of terminal acetylenes is 1. The van der Waals surface area contributed by atoms with E-state index in [4.69, 9.17) is 6.42 Å². The summed E-state index contributed by atoms with van der Waals surface area (Å²) in [6, 6.07) is 0. The zero-order valence-electron chi connectivity index (χ0n) is 14.8. The Kier molecular flexibility index (Phi) is 14.5. The molecule has 0 heterocycles. The van der Waals surface area contributed by atoms with Gasteiger partial charge in [-0.15, -0.1) is 6.42 Å². The van der Waals surface area contributed by atoms with E-state index >= 15 is 0 Å². The van der Waals surface area contributed by atoms with Crippen molar-refractivity contribution in [2.75, 3.05) is 0 Å². The van der Waals surface area contributed by atoms with Crippen LogP contribution >= 0.6 is 0 Å². The fourth-order valence-electron chi connectivity index (χ4n) is 1.61. The van der Waals surface area contributed by atoms with E-state index in [9.17, 15) is 4.79 Å². The Hall–Kier alpha value is -4.11. The molecule has 1 unspecified atom stereocenters. The quantitative estimate of drug-likeness (QED) is 0.533. The fourth-order valence-corrected chi connectivity index (χ4v) is 1.61. The van der Waals surface area contributed by atoms with Crippen molar-refractivity contribution in [3.05, 3.63) is 12.2 Å². The molecule has 1 aliphatic carbocycles. The molecular formula is C25H16O. The molecule has 0 N–H and O–H groups in total. The van der Waals surface area contributed by atoms with Crippen LogP contribution in [0, 0.1) is 101 Å². The lowest BCUT2D eigenvalue weighted by molar-refractivity contribution is -0.120. The van der Waals surface area contributed by atoms with Crippen LogP contribution < -0.4 is 0 Å². The van der Waals surface area contributed by atoms with E-state index in [1.165, 1.54) is 0 Å². The number of allylic oxidation sites excluding steroid dienone is 2. The molecule has 1 atom stereocenters. The summed E-state index contributed by atoms with van der Waals surface area (Å²) in [5.74, 6) is 37.6. The van der Waals surface area contributed by atoms with Crippen molar-refractivity contribution in [3.63, 3.8) is 0 Å². The molecule has 0 aromatic rings. The summed E-state index contributed by atoms with van der Waals surface area (Å²) in [4.78, 5) is 10.8. The predicted molar refractivity (Wildman–Crippen MR) is 106 cm³/mol. The number of Topliss-reactive ketones (excluding diaryl/α,β-unsaturated/α-hetero) is 1. The van der Waals surface area contributed by atoms with E-state index in [1.807, 2.05) is 0 Å². The molecule has 1 aliphatic rings. The van der Waals surface area contributed by atoms with E-state index < -0.39 is 0 Å². The molecule has 0 aliphatic heterocycles. The Labute approximate surface area is 157 Å². The van der Waals surface area contributed by atoms with Gasteiger partial charge in [0.15, 0.2) is 0 Å². The monoisotopic (exact) mass is 332 g/mol. The van der Waals surface area contributed by atoms with Crippen LogP contribution in [0.15, 0.2) is 12.2 Å². The Balaban J connectivity index is 0.000000577. The second-order valence-electron chi connectivity index (χ2n) is 4.61. The number of rotatable bonds is 1. The van der Waals surface area contributed by atoms with Gasteiger partial charge in [0.1, 0.15) is 5.78 Å². The number of hydrogen-bond acceptors (Lipinski definition) is 1. The Morgan fingerprint density at radius 1 is 0.808 bits per heavy atom. The summed E-state index contributed by atoms with van der Waals surface area (Å²) in [5.41, 5.74) is 0. The number of carbonyl (C=O) groups is 1. The summed E-state index contributed by atoms with van der Waals surface area (Å²) < 4.78 is 0. The second-order valence-corrected chi connectivity index (χ2v) is 4.61. The zero-order chi connectivity index (χ0) is 19.3. The minimum Gasteiger partial charge on any atom is -0.300 e. The highest BCUT2D eigenvalue weighted by Crippen LogP contribution is 2.18. The maximum absolute atomic E-state index is 10.8. The molecule has 0 amide bonds. The Morgan fingerprint density at radius 3 is 1.58 bits per heavy atom. The van der Waals surface area contributed by atoms with E-state index in [0.29, 0.717) is 11.7 Å². The second kappa shape index (κ2) is 17.2. The third-order valence-corrected chi connectivity index (χ3v) is 2.79. The molecule has 1 heteroatoms. The summed E-state index contributed by atoms with van der Waals surface area (Å²) in [6.45, 7) is 3.39. The van der Waals surface area contributed by atoms with Gasteiger partial charge < -0.3 is 0 Å². The third kappa shape index (κ3) is 14.8. The Morgan fingerprint density at radius 2 is 1.27 bits per heavy atom. The minimum absolute atomic E-state index is 0.329. The summed E-state index contributed by atoms with van der Waals surface area (Å²) in [6.07, 6.45) is 12.3. The first kappa shape index (κ1) is 21.9. The van der Waals surface area contributed by atoms with Crippen LogP contribution in [0.4, 0.5) is 0 Å². The third-order valence-electron chi connectivity index (χ3n) is 2.79. The molecule has 0 saturated carbocycles. The van der Waals surface area contributed by atoms with E-state index in [2.05, 4.69) is 101 Å². The average Bonchev–Trinajstić information content (AvgIpc) is 2.67. The van der Waals surface area contributed by atoms with Crippen molar-refractivity contribution in [2.45, 2.75) is 33.1 Å². The normalized spacial score (nSPS) is 11.5. The highest BCUT2D eigenvalue weighted by atomic mass is 16.1. The highest BCUT2D eigenvalue weighted by molar-refractivity contribution is 5.78. The first-order valence-corrected chi connectivity index (χ1v) is 7.75. The van der Waals surface area contributed by atoms with Crippen LogP contribution in [0.3, 0.4) is 0 Å². The van der Waals surface area contributed by atoms with E-state index in [1.54, 1.807) is 13.8 Å². The first-order valence-electron chi connectivity index (χ1n) is 7.75. The number of ketones is 1. The number of carbonyl (C=O) groups excluding carboxylic acids is 1. The predicted octanol–water partition coefficient (Wildman–Crippen LogP) is 2.60. The highest BCUT2D eigenvalue weighted by Gasteiger charge is 2.13. The van der Waals surface area contributed by atoms with Crippen molar-refractivity contribution >= 4 is 5.78 Å². The van der Waals surface area contributed by atoms with Crippen LogP contribution in [0.25, 0.3) is 0 Å². The molecule has 0 aromatic carbocycles. The van der Waals surface area contributed by atoms with Crippen molar-refractivity contribution in [3.8, 4) is 95.2 Å². The summed E-state index contributed by atoms with van der Waals surface area (Å²) in [5, 5.41) is 0. The molecule has 0 bridgehead atoms. The topological polar surface area (TPSA) is 17.1 Å². The van der Waals surface area contributed by atoms with Crippen molar-refractivity contribution in [2.24, 2.45) is 5.92 Å². The molecule has 122 valence electrons. The lowest BCUT2D eigenvalue weighted by Crippen LogP contribution is -2.11. The molecule has 26 heavy (non-hydrogen) atoms. The standard InChI is InChI=1S/C17H4.C8H12O/c1-3-5-7-9-11-13-15-17-16-14-12-10-8-6-4-2;1-7(9)8-5-3-2-4-6-8/h1H,2H3;2-3,8H,4-6H2,1H3. The van der Waals surface area contributed by atoms with Crippen LogP contribution in [0.5, 0.6) is 0 Å². The smallest absolute Gasteiger partial charge is 0.133 e. The molecule has 0 saturated heterocycles. The fraction of sp³-hybridized carbons (Fsp3) is 0.240. The molecular weight excluding hydrogens is 316 g/mol. The van der Waals surface area contributed by atoms with Gasteiger partial charge in [-0.25, -0.2) is 0 Å². The van der Waals surface area contributed by atoms with Gasteiger partial charge in [-0.1, -0.05) is 18.1 Å². The van der Waals surface area contributed by atoms with Crippen LogP contribution in [-0.4, -0.2) is 5.78 Å². The molecule has 0 radical (unpaired) electrons. The largest absolute Gasteiger partial charge is 0.300 e.